The molecule has 22 heavy (non-hydrogen) atoms. The van der Waals surface area contributed by atoms with Gasteiger partial charge >= 0.3 is 0 Å². The molecule has 2 aromatic rings. The molecule has 0 spiro atoms. The Morgan fingerprint density at radius 3 is 2.68 bits per heavy atom. The van der Waals surface area contributed by atoms with Gasteiger partial charge in [-0.3, -0.25) is 25.4 Å². The van der Waals surface area contributed by atoms with Crippen molar-refractivity contribution in [3.05, 3.63) is 59.9 Å². The number of hydrogen-bond donors (Lipinski definition) is 2. The van der Waals surface area contributed by atoms with E-state index in [1.807, 2.05) is 0 Å². The van der Waals surface area contributed by atoms with Crippen LogP contribution in [0.25, 0.3) is 0 Å². The first-order valence-corrected chi connectivity index (χ1v) is 7.13. The molecule has 0 aliphatic heterocycles. The summed E-state index contributed by atoms with van der Waals surface area (Å²) in [4.78, 5) is 27.0. The minimum absolute atomic E-state index is 0.0196. The highest BCUT2D eigenvalue weighted by molar-refractivity contribution is 8.00. The number of nitrogens with one attached hydrogen (secondary N) is 2. The first-order valence-electron chi connectivity index (χ1n) is 6.14. The van der Waals surface area contributed by atoms with Gasteiger partial charge in [0.1, 0.15) is 17.3 Å². The van der Waals surface area contributed by atoms with Crippen LogP contribution in [0.5, 0.6) is 0 Å². The van der Waals surface area contributed by atoms with Gasteiger partial charge in [-0.25, -0.2) is 8.78 Å². The highest BCUT2D eigenvalue weighted by atomic mass is 32.2. The van der Waals surface area contributed by atoms with Crippen LogP contribution in [0.15, 0.2) is 47.5 Å². The maximum absolute atomic E-state index is 13.4. The number of nitrogens with zero attached hydrogens (tertiary/aromatic N) is 1. The zero-order valence-corrected chi connectivity index (χ0v) is 12.0. The van der Waals surface area contributed by atoms with E-state index < -0.39 is 23.4 Å². The molecule has 0 aliphatic carbocycles. The Balaban J connectivity index is 1.81. The van der Waals surface area contributed by atoms with Crippen LogP contribution >= 0.6 is 11.8 Å². The Kier molecular flexibility index (Phi) is 5.42. The molecule has 1 heterocycles. The molecule has 1 aromatic carbocycles. The highest BCUT2D eigenvalue weighted by Gasteiger charge is 2.10. The second kappa shape index (κ2) is 7.51. The summed E-state index contributed by atoms with van der Waals surface area (Å²) >= 11 is 0.823. The van der Waals surface area contributed by atoms with E-state index in [1.54, 1.807) is 12.1 Å². The van der Waals surface area contributed by atoms with Crippen LogP contribution in [0.1, 0.15) is 10.5 Å². The van der Waals surface area contributed by atoms with Crippen molar-refractivity contribution in [2.24, 2.45) is 0 Å². The van der Waals surface area contributed by atoms with Crippen molar-refractivity contribution in [1.82, 2.24) is 15.8 Å². The summed E-state index contributed by atoms with van der Waals surface area (Å²) in [6.45, 7) is 0. The third-order valence-corrected chi connectivity index (χ3v) is 3.50. The number of hydrogen-bond acceptors (Lipinski definition) is 4. The van der Waals surface area contributed by atoms with Crippen molar-refractivity contribution in [2.75, 3.05) is 5.75 Å². The quantitative estimate of drug-likeness (QED) is 0.666. The number of pyridine rings is 1. The third-order valence-electron chi connectivity index (χ3n) is 2.46. The summed E-state index contributed by atoms with van der Waals surface area (Å²) in [7, 11) is 0. The van der Waals surface area contributed by atoms with Crippen LogP contribution < -0.4 is 10.9 Å². The Hall–Kier alpha value is -2.48. The number of carbonyl (C=O) groups is 2. The molecular formula is C14H11F2N3O2S. The van der Waals surface area contributed by atoms with Gasteiger partial charge in [0, 0.05) is 11.1 Å². The van der Waals surface area contributed by atoms with E-state index in [2.05, 4.69) is 15.8 Å². The van der Waals surface area contributed by atoms with Gasteiger partial charge in [0.05, 0.1) is 5.75 Å². The van der Waals surface area contributed by atoms with Gasteiger partial charge in [0.25, 0.3) is 5.91 Å². The molecule has 0 saturated heterocycles. The molecule has 0 saturated carbocycles. The van der Waals surface area contributed by atoms with E-state index >= 15 is 0 Å². The topological polar surface area (TPSA) is 71.1 Å². The van der Waals surface area contributed by atoms with Crippen LogP contribution in [0.4, 0.5) is 8.78 Å². The molecule has 114 valence electrons. The Morgan fingerprint density at radius 2 is 1.95 bits per heavy atom. The average Bonchev–Trinajstić information content (AvgIpc) is 2.54. The summed E-state index contributed by atoms with van der Waals surface area (Å²) < 4.78 is 26.3. The Labute approximate surface area is 129 Å². The number of amides is 2. The predicted octanol–water partition coefficient (Wildman–Crippen LogP) is 1.91. The van der Waals surface area contributed by atoms with Crippen LogP contribution in [0.2, 0.25) is 0 Å². The molecular weight excluding hydrogens is 312 g/mol. The number of rotatable bonds is 4. The summed E-state index contributed by atoms with van der Waals surface area (Å²) in [5.41, 5.74) is 4.49. The molecule has 2 rings (SSSR count). The van der Waals surface area contributed by atoms with E-state index in [9.17, 15) is 18.4 Å². The number of hydrazine groups is 1. The van der Waals surface area contributed by atoms with Crippen molar-refractivity contribution in [3.8, 4) is 0 Å². The smallest absolute Gasteiger partial charge is 0.272 e. The minimum Gasteiger partial charge on any atom is -0.272 e. The summed E-state index contributed by atoms with van der Waals surface area (Å²) in [6.07, 6.45) is 1.44. The lowest BCUT2D eigenvalue weighted by Crippen LogP contribution is -2.42. The third kappa shape index (κ3) is 4.52. The van der Waals surface area contributed by atoms with E-state index in [-0.39, 0.29) is 16.3 Å². The van der Waals surface area contributed by atoms with Crippen LogP contribution in [-0.2, 0) is 4.79 Å². The van der Waals surface area contributed by atoms with Gasteiger partial charge in [-0.05, 0) is 30.3 Å². The predicted molar refractivity (Wildman–Crippen MR) is 76.9 cm³/mol. The van der Waals surface area contributed by atoms with E-state index in [0.717, 1.165) is 30.0 Å². The molecule has 0 unspecified atom stereocenters. The first-order chi connectivity index (χ1) is 10.6. The normalized spacial score (nSPS) is 10.1. The summed E-state index contributed by atoms with van der Waals surface area (Å²) in [5.74, 6) is -2.51. The van der Waals surface area contributed by atoms with Crippen molar-refractivity contribution >= 4 is 23.6 Å². The van der Waals surface area contributed by atoms with Crippen molar-refractivity contribution < 1.29 is 18.4 Å². The van der Waals surface area contributed by atoms with Gasteiger partial charge in [-0.15, -0.1) is 11.8 Å². The van der Waals surface area contributed by atoms with Crippen molar-refractivity contribution in [1.29, 1.82) is 0 Å². The number of aromatic nitrogens is 1. The average molecular weight is 323 g/mol. The standard InChI is InChI=1S/C14H11F2N3O2S/c15-9-4-5-10(16)12(7-9)22-8-13(20)18-19-14(21)11-3-1-2-6-17-11/h1-7H,8H2,(H,18,20)(H,19,21). The summed E-state index contributed by atoms with van der Waals surface area (Å²) in [6, 6.07) is 7.74. The minimum atomic E-state index is -0.614. The van der Waals surface area contributed by atoms with Gasteiger partial charge in [0.2, 0.25) is 5.91 Å². The zero-order valence-electron chi connectivity index (χ0n) is 11.2. The number of benzene rings is 1. The number of carbonyl (C=O) groups excluding carboxylic acids is 2. The lowest BCUT2D eigenvalue weighted by atomic mass is 10.3. The molecule has 0 aliphatic rings. The van der Waals surface area contributed by atoms with Crippen LogP contribution in [-0.4, -0.2) is 22.6 Å². The fourth-order valence-corrected chi connectivity index (χ4v) is 2.22. The van der Waals surface area contributed by atoms with E-state index in [4.69, 9.17) is 0 Å². The first kappa shape index (κ1) is 15.9. The highest BCUT2D eigenvalue weighted by Crippen LogP contribution is 2.22. The molecule has 8 heteroatoms. The second-order valence-corrected chi connectivity index (χ2v) is 5.10. The van der Waals surface area contributed by atoms with Gasteiger partial charge in [-0.1, -0.05) is 6.07 Å². The molecule has 0 fully saturated rings. The van der Waals surface area contributed by atoms with E-state index in [0.29, 0.717) is 0 Å². The Bertz CT molecular complexity index is 683. The number of halogens is 2. The molecule has 0 bridgehead atoms. The molecule has 5 nitrogen and oxygen atoms in total. The van der Waals surface area contributed by atoms with Crippen LogP contribution in [0, 0.1) is 11.6 Å². The number of thioether (sulfide) groups is 1. The lowest BCUT2D eigenvalue weighted by molar-refractivity contribution is -0.119. The summed E-state index contributed by atoms with van der Waals surface area (Å²) in [5, 5.41) is 0. The SMILES string of the molecule is O=C(CSc1cc(F)ccc1F)NNC(=O)c1ccccn1. The Morgan fingerprint density at radius 1 is 1.14 bits per heavy atom. The maximum Gasteiger partial charge on any atom is 0.288 e. The molecule has 2 amide bonds. The second-order valence-electron chi connectivity index (χ2n) is 4.08. The van der Waals surface area contributed by atoms with Crippen LogP contribution in [0.3, 0.4) is 0 Å². The maximum atomic E-state index is 13.4. The fraction of sp³-hybridized carbons (Fsp3) is 0.0714. The lowest BCUT2D eigenvalue weighted by Gasteiger charge is -2.07. The fourth-order valence-electron chi connectivity index (χ4n) is 1.45. The van der Waals surface area contributed by atoms with Gasteiger partial charge < -0.3 is 0 Å². The monoisotopic (exact) mass is 323 g/mol. The largest absolute Gasteiger partial charge is 0.288 e. The molecule has 0 atom stereocenters. The zero-order chi connectivity index (χ0) is 15.9. The molecule has 1 aromatic heterocycles. The van der Waals surface area contributed by atoms with Crippen molar-refractivity contribution in [2.45, 2.75) is 4.90 Å². The van der Waals surface area contributed by atoms with Gasteiger partial charge in [-0.2, -0.15) is 0 Å². The van der Waals surface area contributed by atoms with E-state index in [1.165, 1.54) is 12.3 Å². The molecule has 2 N–H and O–H groups in total. The van der Waals surface area contributed by atoms with Gasteiger partial charge in [0.15, 0.2) is 0 Å². The molecule has 0 radical (unpaired) electrons. The van der Waals surface area contributed by atoms with Crippen molar-refractivity contribution in [3.63, 3.8) is 0 Å².